The summed E-state index contributed by atoms with van der Waals surface area (Å²) in [6.07, 6.45) is 1.71. The number of aromatic nitrogens is 1. The Bertz CT molecular complexity index is 1020. The smallest absolute Gasteiger partial charge is 0.265 e. The fourth-order valence-corrected chi connectivity index (χ4v) is 3.38. The van der Waals surface area contributed by atoms with Gasteiger partial charge >= 0.3 is 0 Å². The van der Waals surface area contributed by atoms with E-state index in [0.29, 0.717) is 22.5 Å². The van der Waals surface area contributed by atoms with Gasteiger partial charge in [-0.05, 0) is 57.4 Å². The molecule has 25 heavy (non-hydrogen) atoms. The van der Waals surface area contributed by atoms with Crippen molar-refractivity contribution in [1.82, 2.24) is 4.57 Å². The van der Waals surface area contributed by atoms with Crippen LogP contribution in [0.1, 0.15) is 5.56 Å². The molecule has 0 spiro atoms. The highest BCUT2D eigenvalue weighted by molar-refractivity contribution is 9.10. The molecule has 0 fully saturated rings. The second kappa shape index (κ2) is 6.37. The lowest BCUT2D eigenvalue weighted by Crippen LogP contribution is -2.21. The van der Waals surface area contributed by atoms with E-state index in [9.17, 15) is 9.18 Å². The van der Waals surface area contributed by atoms with Crippen LogP contribution in [-0.2, 0) is 6.54 Å². The van der Waals surface area contributed by atoms with E-state index < -0.39 is 0 Å². The highest BCUT2D eigenvalue weighted by Gasteiger charge is 2.16. The molecule has 1 aromatic heterocycles. The molecule has 0 atom stereocenters. The van der Waals surface area contributed by atoms with Crippen molar-refractivity contribution in [3.05, 3.63) is 80.9 Å². The van der Waals surface area contributed by atoms with Gasteiger partial charge in [0.25, 0.3) is 5.56 Å². The van der Waals surface area contributed by atoms with Crippen molar-refractivity contribution < 1.29 is 13.9 Å². The number of halogens is 2. The SMILES string of the molecule is O=c1c(Br)c(-c2ccc3c(c2)OCO3)ccn1Cc1cccc(F)c1. The third kappa shape index (κ3) is 3.05. The Morgan fingerprint density at radius 2 is 1.92 bits per heavy atom. The molecule has 3 aromatic rings. The lowest BCUT2D eigenvalue weighted by atomic mass is 10.1. The molecule has 4 nitrogen and oxygen atoms in total. The monoisotopic (exact) mass is 401 g/mol. The topological polar surface area (TPSA) is 40.5 Å². The summed E-state index contributed by atoms with van der Waals surface area (Å²) in [5.41, 5.74) is 2.16. The lowest BCUT2D eigenvalue weighted by molar-refractivity contribution is 0.174. The lowest BCUT2D eigenvalue weighted by Gasteiger charge is -2.10. The van der Waals surface area contributed by atoms with E-state index >= 15 is 0 Å². The second-order valence-electron chi connectivity index (χ2n) is 5.67. The molecule has 126 valence electrons. The Hall–Kier alpha value is -2.60. The maximum Gasteiger partial charge on any atom is 0.265 e. The van der Waals surface area contributed by atoms with Crippen LogP contribution < -0.4 is 15.0 Å². The van der Waals surface area contributed by atoms with Crippen molar-refractivity contribution >= 4 is 15.9 Å². The first-order valence-electron chi connectivity index (χ1n) is 7.65. The number of nitrogens with zero attached hydrogens (tertiary/aromatic N) is 1. The van der Waals surface area contributed by atoms with Gasteiger partial charge in [-0.1, -0.05) is 18.2 Å². The third-order valence-electron chi connectivity index (χ3n) is 4.03. The van der Waals surface area contributed by atoms with Gasteiger partial charge in [0, 0.05) is 11.8 Å². The van der Waals surface area contributed by atoms with E-state index in [-0.39, 0.29) is 18.2 Å². The number of rotatable bonds is 3. The normalized spacial score (nSPS) is 12.4. The van der Waals surface area contributed by atoms with Gasteiger partial charge in [0.2, 0.25) is 6.79 Å². The predicted octanol–water partition coefficient (Wildman–Crippen LogP) is 4.19. The molecule has 6 heteroatoms. The summed E-state index contributed by atoms with van der Waals surface area (Å²) in [6.45, 7) is 0.506. The molecule has 4 rings (SSSR count). The van der Waals surface area contributed by atoms with E-state index in [1.165, 1.54) is 16.7 Å². The highest BCUT2D eigenvalue weighted by Crippen LogP contribution is 2.37. The molecule has 1 aliphatic rings. The van der Waals surface area contributed by atoms with Gasteiger partial charge < -0.3 is 14.0 Å². The minimum atomic E-state index is -0.318. The Kier molecular flexibility index (Phi) is 4.05. The first-order valence-corrected chi connectivity index (χ1v) is 8.44. The van der Waals surface area contributed by atoms with Crippen LogP contribution >= 0.6 is 15.9 Å². The zero-order valence-electron chi connectivity index (χ0n) is 13.0. The van der Waals surface area contributed by atoms with Gasteiger partial charge in [-0.2, -0.15) is 0 Å². The van der Waals surface area contributed by atoms with Crippen LogP contribution in [-0.4, -0.2) is 11.4 Å². The molecular formula is C19H13BrFNO3. The zero-order valence-corrected chi connectivity index (χ0v) is 14.6. The Balaban J connectivity index is 1.70. The number of fused-ring (bicyclic) bond motifs is 1. The van der Waals surface area contributed by atoms with E-state index in [1.54, 1.807) is 18.3 Å². The van der Waals surface area contributed by atoms with Crippen molar-refractivity contribution in [2.75, 3.05) is 6.79 Å². The second-order valence-corrected chi connectivity index (χ2v) is 6.47. The molecule has 0 saturated heterocycles. The molecule has 1 aliphatic heterocycles. The van der Waals surface area contributed by atoms with Gasteiger partial charge in [0.1, 0.15) is 5.82 Å². The molecule has 0 radical (unpaired) electrons. The van der Waals surface area contributed by atoms with Crippen molar-refractivity contribution in [2.24, 2.45) is 0 Å². The van der Waals surface area contributed by atoms with Crippen LogP contribution in [0.2, 0.25) is 0 Å². The van der Waals surface area contributed by atoms with Gasteiger partial charge in [0.15, 0.2) is 11.5 Å². The largest absolute Gasteiger partial charge is 0.454 e. The third-order valence-corrected chi connectivity index (χ3v) is 4.80. The average Bonchev–Trinajstić information content (AvgIpc) is 3.07. The van der Waals surface area contributed by atoms with Crippen molar-refractivity contribution in [3.8, 4) is 22.6 Å². The zero-order chi connectivity index (χ0) is 17.4. The van der Waals surface area contributed by atoms with E-state index in [2.05, 4.69) is 15.9 Å². The number of ether oxygens (including phenoxy) is 2. The molecule has 0 aliphatic carbocycles. The summed E-state index contributed by atoms with van der Waals surface area (Å²) in [5.74, 6) is 1.04. The Morgan fingerprint density at radius 3 is 2.76 bits per heavy atom. The maximum atomic E-state index is 13.3. The Morgan fingerprint density at radius 1 is 1.08 bits per heavy atom. The molecule has 0 amide bonds. The summed E-state index contributed by atoms with van der Waals surface area (Å²) in [4.78, 5) is 12.7. The average molecular weight is 402 g/mol. The van der Waals surface area contributed by atoms with Gasteiger partial charge in [-0.25, -0.2) is 4.39 Å². The van der Waals surface area contributed by atoms with Gasteiger partial charge in [-0.15, -0.1) is 0 Å². The summed E-state index contributed by atoms with van der Waals surface area (Å²) < 4.78 is 26.0. The first-order chi connectivity index (χ1) is 12.1. The summed E-state index contributed by atoms with van der Waals surface area (Å²) in [6, 6.07) is 13.6. The number of hydrogen-bond donors (Lipinski definition) is 0. The van der Waals surface area contributed by atoms with Crippen LogP contribution in [0.3, 0.4) is 0 Å². The molecule has 0 bridgehead atoms. The van der Waals surface area contributed by atoms with E-state index in [0.717, 1.165) is 16.7 Å². The quantitative estimate of drug-likeness (QED) is 0.660. The first kappa shape index (κ1) is 15.9. The number of benzene rings is 2. The summed E-state index contributed by atoms with van der Waals surface area (Å²) >= 11 is 3.40. The molecule has 2 aromatic carbocycles. The van der Waals surface area contributed by atoms with Gasteiger partial charge in [-0.3, -0.25) is 4.79 Å². The van der Waals surface area contributed by atoms with E-state index in [4.69, 9.17) is 9.47 Å². The molecule has 0 N–H and O–H groups in total. The standard InChI is InChI=1S/C19H13BrFNO3/c20-18-15(13-4-5-16-17(9-13)25-11-24-16)6-7-22(19(18)23)10-12-2-1-3-14(21)8-12/h1-9H,10-11H2. The van der Waals surface area contributed by atoms with Crippen LogP contribution in [0.15, 0.2) is 64.0 Å². The van der Waals surface area contributed by atoms with E-state index in [1.807, 2.05) is 24.3 Å². The molecular weight excluding hydrogens is 389 g/mol. The van der Waals surface area contributed by atoms with Crippen molar-refractivity contribution in [3.63, 3.8) is 0 Å². The Labute approximate surface area is 151 Å². The van der Waals surface area contributed by atoms with Crippen LogP contribution in [0, 0.1) is 5.82 Å². The van der Waals surface area contributed by atoms with Gasteiger partial charge in [0.05, 0.1) is 11.0 Å². The highest BCUT2D eigenvalue weighted by atomic mass is 79.9. The predicted molar refractivity (Wildman–Crippen MR) is 95.5 cm³/mol. The molecule has 2 heterocycles. The summed E-state index contributed by atoms with van der Waals surface area (Å²) in [7, 11) is 0. The minimum Gasteiger partial charge on any atom is -0.454 e. The molecule has 0 unspecified atom stereocenters. The van der Waals surface area contributed by atoms with Crippen molar-refractivity contribution in [2.45, 2.75) is 6.54 Å². The maximum absolute atomic E-state index is 13.3. The van der Waals surface area contributed by atoms with Crippen LogP contribution in [0.5, 0.6) is 11.5 Å². The fourth-order valence-electron chi connectivity index (χ4n) is 2.79. The molecule has 0 saturated carbocycles. The van der Waals surface area contributed by atoms with Crippen LogP contribution in [0.25, 0.3) is 11.1 Å². The fraction of sp³-hybridized carbons (Fsp3) is 0.105. The number of hydrogen-bond acceptors (Lipinski definition) is 3. The summed E-state index contributed by atoms with van der Waals surface area (Å²) in [5, 5.41) is 0. The van der Waals surface area contributed by atoms with Crippen LogP contribution in [0.4, 0.5) is 4.39 Å². The number of pyridine rings is 1. The minimum absolute atomic E-state index is 0.181. The van der Waals surface area contributed by atoms with Crippen molar-refractivity contribution in [1.29, 1.82) is 0 Å².